The monoisotopic (exact) mass is 305 g/mol. The Kier molecular flexibility index (Phi) is 5.96. The van der Waals surface area contributed by atoms with Crippen LogP contribution in [0.2, 0.25) is 5.02 Å². The SMILES string of the molecule is CCNCc1ccc(SCc2ccccc2C)c(Cl)c1. The molecule has 1 N–H and O–H groups in total. The average Bonchev–Trinajstić information content (AvgIpc) is 2.45. The number of benzene rings is 2. The van der Waals surface area contributed by atoms with Crippen LogP contribution in [0.1, 0.15) is 23.6 Å². The molecule has 2 aromatic carbocycles. The van der Waals surface area contributed by atoms with Crippen molar-refractivity contribution in [3.8, 4) is 0 Å². The second-order valence-electron chi connectivity index (χ2n) is 4.76. The molecule has 0 radical (unpaired) electrons. The Morgan fingerprint density at radius 3 is 2.65 bits per heavy atom. The van der Waals surface area contributed by atoms with Crippen molar-refractivity contribution < 1.29 is 0 Å². The highest BCUT2D eigenvalue weighted by Crippen LogP contribution is 2.31. The molecule has 0 fully saturated rings. The van der Waals surface area contributed by atoms with Gasteiger partial charge < -0.3 is 5.32 Å². The van der Waals surface area contributed by atoms with E-state index in [9.17, 15) is 0 Å². The minimum Gasteiger partial charge on any atom is -0.313 e. The number of hydrogen-bond acceptors (Lipinski definition) is 2. The Morgan fingerprint density at radius 2 is 1.95 bits per heavy atom. The van der Waals surface area contributed by atoms with Crippen LogP contribution in [-0.2, 0) is 12.3 Å². The largest absolute Gasteiger partial charge is 0.313 e. The van der Waals surface area contributed by atoms with E-state index in [4.69, 9.17) is 11.6 Å². The normalized spacial score (nSPS) is 10.8. The number of rotatable bonds is 6. The number of halogens is 1. The van der Waals surface area contributed by atoms with Gasteiger partial charge in [-0.3, -0.25) is 0 Å². The van der Waals surface area contributed by atoms with Gasteiger partial charge in [-0.15, -0.1) is 11.8 Å². The van der Waals surface area contributed by atoms with Crippen LogP contribution in [0.3, 0.4) is 0 Å². The number of aryl methyl sites for hydroxylation is 1. The van der Waals surface area contributed by atoms with Gasteiger partial charge in [-0.1, -0.05) is 48.9 Å². The summed E-state index contributed by atoms with van der Waals surface area (Å²) < 4.78 is 0. The molecule has 0 saturated carbocycles. The zero-order valence-corrected chi connectivity index (χ0v) is 13.5. The molecule has 0 saturated heterocycles. The third kappa shape index (κ3) is 4.27. The molecule has 0 bridgehead atoms. The highest BCUT2D eigenvalue weighted by molar-refractivity contribution is 7.98. The van der Waals surface area contributed by atoms with Gasteiger partial charge in [-0.25, -0.2) is 0 Å². The lowest BCUT2D eigenvalue weighted by atomic mass is 10.1. The Labute approximate surface area is 130 Å². The number of thioether (sulfide) groups is 1. The van der Waals surface area contributed by atoms with Crippen LogP contribution in [0.15, 0.2) is 47.4 Å². The van der Waals surface area contributed by atoms with Crippen LogP contribution >= 0.6 is 23.4 Å². The Hall–Kier alpha value is -0.960. The summed E-state index contributed by atoms with van der Waals surface area (Å²) in [7, 11) is 0. The third-order valence-corrected chi connectivity index (χ3v) is 4.77. The van der Waals surface area contributed by atoms with E-state index < -0.39 is 0 Å². The molecular formula is C17H20ClNS. The molecule has 0 aliphatic carbocycles. The second kappa shape index (κ2) is 7.72. The van der Waals surface area contributed by atoms with E-state index in [0.29, 0.717) is 0 Å². The van der Waals surface area contributed by atoms with E-state index >= 15 is 0 Å². The molecule has 0 heterocycles. The zero-order valence-electron chi connectivity index (χ0n) is 11.9. The molecule has 3 heteroatoms. The Balaban J connectivity index is 2.01. The lowest BCUT2D eigenvalue weighted by molar-refractivity contribution is 0.726. The fraction of sp³-hybridized carbons (Fsp3) is 0.294. The molecule has 0 aliphatic rings. The maximum absolute atomic E-state index is 6.37. The first-order valence-corrected chi connectivity index (χ1v) is 8.23. The number of nitrogens with one attached hydrogen (secondary N) is 1. The topological polar surface area (TPSA) is 12.0 Å². The van der Waals surface area contributed by atoms with Gasteiger partial charge in [0.25, 0.3) is 0 Å². The molecule has 106 valence electrons. The molecule has 0 amide bonds. The molecule has 0 spiro atoms. The van der Waals surface area contributed by atoms with Crippen molar-refractivity contribution in [3.05, 3.63) is 64.2 Å². The zero-order chi connectivity index (χ0) is 14.4. The number of hydrogen-bond donors (Lipinski definition) is 1. The molecule has 0 unspecified atom stereocenters. The van der Waals surface area contributed by atoms with Gasteiger partial charge >= 0.3 is 0 Å². The summed E-state index contributed by atoms with van der Waals surface area (Å²) in [5.41, 5.74) is 3.93. The second-order valence-corrected chi connectivity index (χ2v) is 6.18. The molecule has 2 rings (SSSR count). The molecule has 1 nitrogen and oxygen atoms in total. The maximum Gasteiger partial charge on any atom is 0.0545 e. The van der Waals surface area contributed by atoms with E-state index in [1.54, 1.807) is 11.8 Å². The van der Waals surface area contributed by atoms with Crippen LogP contribution in [0.25, 0.3) is 0 Å². The highest BCUT2D eigenvalue weighted by atomic mass is 35.5. The van der Waals surface area contributed by atoms with Gasteiger partial charge in [0.1, 0.15) is 0 Å². The Morgan fingerprint density at radius 1 is 1.15 bits per heavy atom. The van der Waals surface area contributed by atoms with Gasteiger partial charge in [0.15, 0.2) is 0 Å². The van der Waals surface area contributed by atoms with Crippen molar-refractivity contribution in [2.24, 2.45) is 0 Å². The fourth-order valence-electron chi connectivity index (χ4n) is 1.97. The molecule has 2 aromatic rings. The Bertz CT molecular complexity index is 569. The minimum atomic E-state index is 0.846. The van der Waals surface area contributed by atoms with E-state index in [-0.39, 0.29) is 0 Å². The summed E-state index contributed by atoms with van der Waals surface area (Å²) in [6.45, 7) is 6.10. The van der Waals surface area contributed by atoms with Crippen molar-refractivity contribution in [1.82, 2.24) is 5.32 Å². The predicted molar refractivity (Wildman–Crippen MR) is 89.6 cm³/mol. The first kappa shape index (κ1) is 15.4. The molecular weight excluding hydrogens is 286 g/mol. The first-order valence-electron chi connectivity index (χ1n) is 6.87. The smallest absolute Gasteiger partial charge is 0.0545 e. The average molecular weight is 306 g/mol. The summed E-state index contributed by atoms with van der Waals surface area (Å²) in [6.07, 6.45) is 0. The van der Waals surface area contributed by atoms with Crippen molar-refractivity contribution in [3.63, 3.8) is 0 Å². The highest BCUT2D eigenvalue weighted by Gasteiger charge is 2.04. The van der Waals surface area contributed by atoms with Crippen LogP contribution in [0.4, 0.5) is 0 Å². The molecule has 0 atom stereocenters. The van der Waals surface area contributed by atoms with E-state index in [1.807, 2.05) is 0 Å². The molecule has 20 heavy (non-hydrogen) atoms. The summed E-state index contributed by atoms with van der Waals surface area (Å²) in [5.74, 6) is 0.957. The van der Waals surface area contributed by atoms with Crippen molar-refractivity contribution in [2.45, 2.75) is 31.0 Å². The van der Waals surface area contributed by atoms with E-state index in [0.717, 1.165) is 28.8 Å². The lowest BCUT2D eigenvalue weighted by Gasteiger charge is -2.09. The quantitative estimate of drug-likeness (QED) is 0.749. The summed E-state index contributed by atoms with van der Waals surface area (Å²) in [6, 6.07) is 14.8. The van der Waals surface area contributed by atoms with Crippen LogP contribution in [-0.4, -0.2) is 6.54 Å². The van der Waals surface area contributed by atoms with Gasteiger partial charge in [0.2, 0.25) is 0 Å². The lowest BCUT2D eigenvalue weighted by Crippen LogP contribution is -2.11. The van der Waals surface area contributed by atoms with Gasteiger partial charge in [0.05, 0.1) is 5.02 Å². The van der Waals surface area contributed by atoms with Gasteiger partial charge in [-0.2, -0.15) is 0 Å². The molecule has 0 aromatic heterocycles. The summed E-state index contributed by atoms with van der Waals surface area (Å²) >= 11 is 8.16. The van der Waals surface area contributed by atoms with Gasteiger partial charge in [-0.05, 0) is 42.3 Å². The summed E-state index contributed by atoms with van der Waals surface area (Å²) in [4.78, 5) is 1.15. The third-order valence-electron chi connectivity index (χ3n) is 3.22. The fourth-order valence-corrected chi connectivity index (χ4v) is 3.33. The standard InChI is InChI=1S/C17H20ClNS/c1-3-19-11-14-8-9-17(16(18)10-14)20-12-15-7-5-4-6-13(15)2/h4-10,19H,3,11-12H2,1-2H3. The van der Waals surface area contributed by atoms with Crippen molar-refractivity contribution >= 4 is 23.4 Å². The molecule has 0 aliphatic heterocycles. The van der Waals surface area contributed by atoms with Gasteiger partial charge in [0, 0.05) is 17.2 Å². The first-order chi connectivity index (χ1) is 9.70. The minimum absolute atomic E-state index is 0.846. The maximum atomic E-state index is 6.37. The summed E-state index contributed by atoms with van der Waals surface area (Å²) in [5, 5.41) is 4.16. The van der Waals surface area contributed by atoms with Crippen molar-refractivity contribution in [2.75, 3.05) is 6.54 Å². The van der Waals surface area contributed by atoms with E-state index in [1.165, 1.54) is 16.7 Å². The van der Waals surface area contributed by atoms with E-state index in [2.05, 4.69) is 61.6 Å². The van der Waals surface area contributed by atoms with Crippen LogP contribution in [0.5, 0.6) is 0 Å². The van der Waals surface area contributed by atoms with Crippen molar-refractivity contribution in [1.29, 1.82) is 0 Å². The van der Waals surface area contributed by atoms with Crippen LogP contribution in [0, 0.1) is 6.92 Å². The van der Waals surface area contributed by atoms with Crippen LogP contribution < -0.4 is 5.32 Å². The predicted octanol–water partition coefficient (Wildman–Crippen LogP) is 5.05.